The molecule has 3 aliphatic rings. The third-order valence-electron chi connectivity index (χ3n) is 6.84. The van der Waals surface area contributed by atoms with E-state index in [1.807, 2.05) is 24.3 Å². The van der Waals surface area contributed by atoms with Crippen LogP contribution in [-0.4, -0.2) is 66.4 Å². The number of anilines is 1. The first-order chi connectivity index (χ1) is 16.9. The first-order valence-electron chi connectivity index (χ1n) is 12.4. The summed E-state index contributed by atoms with van der Waals surface area (Å²) in [5, 5.41) is 15.8. The number of fused-ring (bicyclic) bond motifs is 1. The van der Waals surface area contributed by atoms with Crippen LogP contribution in [0.15, 0.2) is 41.9 Å². The molecule has 5 rings (SSSR count). The minimum atomic E-state index is -0.136. The van der Waals surface area contributed by atoms with Crippen molar-refractivity contribution in [3.05, 3.63) is 47.4 Å². The molecular formula is C26H37N7O2. The summed E-state index contributed by atoms with van der Waals surface area (Å²) >= 11 is 0. The molecule has 188 valence electrons. The van der Waals surface area contributed by atoms with Crippen LogP contribution in [0.2, 0.25) is 0 Å². The fourth-order valence-electron chi connectivity index (χ4n) is 4.73. The molecule has 1 saturated heterocycles. The van der Waals surface area contributed by atoms with Crippen LogP contribution >= 0.6 is 0 Å². The Labute approximate surface area is 207 Å². The van der Waals surface area contributed by atoms with Gasteiger partial charge in [-0.2, -0.15) is 5.10 Å². The number of nitrogens with one attached hydrogen (secondary N) is 2. The second kappa shape index (κ2) is 10.9. The topological polar surface area (TPSA) is 113 Å². The molecule has 0 aliphatic carbocycles. The van der Waals surface area contributed by atoms with Crippen molar-refractivity contribution in [1.29, 1.82) is 5.41 Å². The van der Waals surface area contributed by atoms with Gasteiger partial charge in [-0.15, -0.1) is 0 Å². The van der Waals surface area contributed by atoms with Gasteiger partial charge in [0.25, 0.3) is 0 Å². The second-order valence-corrected chi connectivity index (χ2v) is 9.55. The zero-order valence-electron chi connectivity index (χ0n) is 21.0. The quantitative estimate of drug-likeness (QED) is 0.453. The highest BCUT2D eigenvalue weighted by Gasteiger charge is 2.28. The van der Waals surface area contributed by atoms with Crippen molar-refractivity contribution in [1.82, 2.24) is 20.0 Å². The molecule has 4 N–H and O–H groups in total. The monoisotopic (exact) mass is 479 g/mol. The summed E-state index contributed by atoms with van der Waals surface area (Å²) in [5.74, 6) is 1.22. The number of carbonyl (C=O) groups excluding carboxylic acids is 1. The fraction of sp³-hybridized carbons (Fsp3) is 0.500. The Morgan fingerprint density at radius 2 is 2.09 bits per heavy atom. The number of hydrogen-bond donors (Lipinski definition) is 3. The van der Waals surface area contributed by atoms with E-state index >= 15 is 0 Å². The van der Waals surface area contributed by atoms with Gasteiger partial charge in [0.05, 0.1) is 12.7 Å². The molecule has 0 spiro atoms. The van der Waals surface area contributed by atoms with Gasteiger partial charge in [0.1, 0.15) is 5.84 Å². The largest absolute Gasteiger partial charge is 0.402 e. The Hall–Kier alpha value is -3.33. The number of amides is 2. The lowest BCUT2D eigenvalue weighted by Crippen LogP contribution is -2.47. The third kappa shape index (κ3) is 5.67. The Balaban J connectivity index is 0.000000421. The standard InChI is InChI=1S/C21H27N7O.C5H10O/c1-24-21(29)27-9-7-18(22)17(13-27)20(23)28-8-3-4-15-10-14(5-6-19(15)28)16-11-25-26(2)12-16;1-5-2-3-6-4-5/h5-6,10-12,23H,3-4,7-9,13,22H2,1-2H3,(H,24,29);5H,2-4H2,1H3/t;5-/m.0/s1. The Bertz CT molecular complexity index is 1100. The minimum Gasteiger partial charge on any atom is -0.402 e. The number of hydrogen-bond acceptors (Lipinski definition) is 5. The van der Waals surface area contributed by atoms with Gasteiger partial charge in [0.2, 0.25) is 0 Å². The maximum absolute atomic E-state index is 12.1. The van der Waals surface area contributed by atoms with Gasteiger partial charge in [-0.1, -0.05) is 13.0 Å². The number of carbonyl (C=O) groups is 1. The summed E-state index contributed by atoms with van der Waals surface area (Å²) in [6, 6.07) is 6.22. The van der Waals surface area contributed by atoms with Crippen molar-refractivity contribution in [3.63, 3.8) is 0 Å². The van der Waals surface area contributed by atoms with Crippen molar-refractivity contribution in [2.45, 2.75) is 32.6 Å². The van der Waals surface area contributed by atoms with E-state index in [0.717, 1.165) is 60.9 Å². The van der Waals surface area contributed by atoms with Gasteiger partial charge in [0, 0.05) is 75.5 Å². The van der Waals surface area contributed by atoms with E-state index in [0.29, 0.717) is 31.0 Å². The normalized spacial score (nSPS) is 19.7. The zero-order valence-corrected chi connectivity index (χ0v) is 21.0. The van der Waals surface area contributed by atoms with Crippen LogP contribution in [0.25, 0.3) is 11.1 Å². The average Bonchev–Trinajstić information content (AvgIpc) is 3.54. The summed E-state index contributed by atoms with van der Waals surface area (Å²) in [7, 11) is 3.53. The van der Waals surface area contributed by atoms with Crippen molar-refractivity contribution in [3.8, 4) is 11.1 Å². The molecule has 3 aliphatic heterocycles. The van der Waals surface area contributed by atoms with Crippen LogP contribution < -0.4 is 16.0 Å². The van der Waals surface area contributed by atoms with Crippen LogP contribution in [0.1, 0.15) is 31.7 Å². The van der Waals surface area contributed by atoms with Crippen LogP contribution in [0.3, 0.4) is 0 Å². The highest BCUT2D eigenvalue weighted by molar-refractivity contribution is 6.09. The van der Waals surface area contributed by atoms with Gasteiger partial charge in [-0.3, -0.25) is 10.1 Å². The minimum absolute atomic E-state index is 0.136. The smallest absolute Gasteiger partial charge is 0.317 e. The Kier molecular flexibility index (Phi) is 7.75. The molecular weight excluding hydrogens is 442 g/mol. The molecule has 0 saturated carbocycles. The number of urea groups is 1. The van der Waals surface area contributed by atoms with Crippen LogP contribution in [0, 0.1) is 11.3 Å². The van der Waals surface area contributed by atoms with Gasteiger partial charge in [0.15, 0.2) is 0 Å². The predicted octanol–water partition coefficient (Wildman–Crippen LogP) is 3.12. The van der Waals surface area contributed by atoms with E-state index in [4.69, 9.17) is 15.9 Å². The number of rotatable bonds is 2. The molecule has 0 radical (unpaired) electrons. The number of aryl methyl sites for hydroxylation is 2. The summed E-state index contributed by atoms with van der Waals surface area (Å²) in [6.45, 7) is 5.90. The molecule has 1 fully saturated rings. The first kappa shape index (κ1) is 24.8. The van der Waals surface area contributed by atoms with Gasteiger partial charge in [-0.25, -0.2) is 4.79 Å². The van der Waals surface area contributed by atoms with Crippen LogP contribution in [0.5, 0.6) is 0 Å². The summed E-state index contributed by atoms with van der Waals surface area (Å²) in [4.78, 5) is 15.8. The number of aromatic nitrogens is 2. The maximum atomic E-state index is 12.1. The van der Waals surface area contributed by atoms with Crippen molar-refractivity contribution >= 4 is 17.6 Å². The lowest BCUT2D eigenvalue weighted by atomic mass is 9.95. The Morgan fingerprint density at radius 1 is 1.26 bits per heavy atom. The number of ether oxygens (including phenoxy) is 1. The molecule has 1 aromatic heterocycles. The molecule has 1 aromatic carbocycles. The van der Waals surface area contributed by atoms with E-state index in [1.54, 1.807) is 16.6 Å². The number of benzene rings is 1. The average molecular weight is 480 g/mol. The molecule has 2 aromatic rings. The molecule has 2 amide bonds. The number of amidine groups is 1. The third-order valence-corrected chi connectivity index (χ3v) is 6.84. The lowest BCUT2D eigenvalue weighted by molar-refractivity contribution is 0.188. The van der Waals surface area contributed by atoms with E-state index in [2.05, 4.69) is 35.5 Å². The second-order valence-electron chi connectivity index (χ2n) is 9.55. The molecule has 1 atom stereocenters. The molecule has 9 heteroatoms. The highest BCUT2D eigenvalue weighted by Crippen LogP contribution is 2.33. The van der Waals surface area contributed by atoms with Gasteiger partial charge >= 0.3 is 6.03 Å². The molecule has 0 bridgehead atoms. The van der Waals surface area contributed by atoms with E-state index in [-0.39, 0.29) is 6.03 Å². The number of nitrogens with two attached hydrogens (primary N) is 1. The zero-order chi connectivity index (χ0) is 24.9. The van der Waals surface area contributed by atoms with Crippen molar-refractivity contribution < 1.29 is 9.53 Å². The van der Waals surface area contributed by atoms with Crippen LogP contribution in [0.4, 0.5) is 10.5 Å². The summed E-state index contributed by atoms with van der Waals surface area (Å²) in [5.41, 5.74) is 12.2. The van der Waals surface area contributed by atoms with Gasteiger partial charge < -0.3 is 25.6 Å². The molecule has 9 nitrogen and oxygen atoms in total. The molecule has 0 unspecified atom stereocenters. The SMILES string of the molecule is CNC(=O)N1CCC(N)=C(C(=N)N2CCCc3cc(-c4cnn(C)c4)ccc32)C1.C[C@H]1CCOC1. The molecule has 35 heavy (non-hydrogen) atoms. The predicted molar refractivity (Wildman–Crippen MR) is 138 cm³/mol. The van der Waals surface area contributed by atoms with Crippen molar-refractivity contribution in [2.75, 3.05) is 44.8 Å². The maximum Gasteiger partial charge on any atom is 0.317 e. The van der Waals surface area contributed by atoms with Crippen LogP contribution in [-0.2, 0) is 18.2 Å². The lowest BCUT2D eigenvalue weighted by Gasteiger charge is -2.36. The highest BCUT2D eigenvalue weighted by atomic mass is 16.5. The van der Waals surface area contributed by atoms with E-state index in [1.165, 1.54) is 12.0 Å². The number of nitrogens with zero attached hydrogens (tertiary/aromatic N) is 4. The molecule has 4 heterocycles. The van der Waals surface area contributed by atoms with E-state index < -0.39 is 0 Å². The Morgan fingerprint density at radius 3 is 2.71 bits per heavy atom. The van der Waals surface area contributed by atoms with Crippen molar-refractivity contribution in [2.24, 2.45) is 18.7 Å². The first-order valence-corrected chi connectivity index (χ1v) is 12.4. The fourth-order valence-corrected chi connectivity index (χ4v) is 4.73. The van der Waals surface area contributed by atoms with Gasteiger partial charge in [-0.05, 0) is 48.4 Å². The summed E-state index contributed by atoms with van der Waals surface area (Å²) < 4.78 is 6.86. The van der Waals surface area contributed by atoms with E-state index in [9.17, 15) is 4.79 Å². The summed E-state index contributed by atoms with van der Waals surface area (Å²) in [6.07, 6.45) is 7.67.